The molecule has 0 aromatic heterocycles. The summed E-state index contributed by atoms with van der Waals surface area (Å²) in [6, 6.07) is 0.659. The minimum atomic E-state index is 0.304. The Hall–Kier alpha value is -0.120. The summed E-state index contributed by atoms with van der Waals surface area (Å²) < 4.78 is 0. The van der Waals surface area contributed by atoms with E-state index in [2.05, 4.69) is 31.2 Å². The Morgan fingerprint density at radius 1 is 1.46 bits per heavy atom. The lowest BCUT2D eigenvalue weighted by atomic mass is 9.95. The van der Waals surface area contributed by atoms with E-state index in [-0.39, 0.29) is 0 Å². The van der Waals surface area contributed by atoms with Crippen LogP contribution < -0.4 is 5.32 Å². The summed E-state index contributed by atoms with van der Waals surface area (Å²) in [5.41, 5.74) is 0. The molecule has 1 rings (SSSR count). The number of hydroxylamine groups is 2. The monoisotopic (exact) mass is 186 g/mol. The molecule has 0 aliphatic carbocycles. The molecule has 1 fully saturated rings. The lowest BCUT2D eigenvalue weighted by molar-refractivity contribution is -0.205. The van der Waals surface area contributed by atoms with Crippen LogP contribution in [0, 0.1) is 5.92 Å². The second-order valence-electron chi connectivity index (χ2n) is 4.20. The van der Waals surface area contributed by atoms with E-state index >= 15 is 0 Å². The number of nitrogens with zero attached hydrogens (tertiary/aromatic N) is 1. The fourth-order valence-electron chi connectivity index (χ4n) is 1.93. The van der Waals surface area contributed by atoms with Crippen LogP contribution in [0.15, 0.2) is 0 Å². The van der Waals surface area contributed by atoms with Gasteiger partial charge in [-0.05, 0) is 33.2 Å². The normalized spacial score (nSPS) is 31.2. The first-order valence-corrected chi connectivity index (χ1v) is 5.22. The third-order valence-electron chi connectivity index (χ3n) is 2.60. The van der Waals surface area contributed by atoms with Crippen molar-refractivity contribution in [2.24, 2.45) is 5.92 Å². The summed E-state index contributed by atoms with van der Waals surface area (Å²) in [5, 5.41) is 5.45. The molecule has 3 nitrogen and oxygen atoms in total. The van der Waals surface area contributed by atoms with Crippen LogP contribution in [0.4, 0.5) is 0 Å². The first-order valence-electron chi connectivity index (χ1n) is 5.22. The molecule has 0 spiro atoms. The van der Waals surface area contributed by atoms with Gasteiger partial charge in [-0.2, -0.15) is 5.06 Å². The average Bonchev–Trinajstić information content (AvgIpc) is 2.03. The van der Waals surface area contributed by atoms with Crippen LogP contribution in [-0.2, 0) is 4.84 Å². The fraction of sp³-hybridized carbons (Fsp3) is 1.00. The van der Waals surface area contributed by atoms with Crippen molar-refractivity contribution in [3.05, 3.63) is 0 Å². The summed E-state index contributed by atoms with van der Waals surface area (Å²) >= 11 is 0. The highest BCUT2D eigenvalue weighted by atomic mass is 16.7. The van der Waals surface area contributed by atoms with E-state index in [9.17, 15) is 0 Å². The highest BCUT2D eigenvalue weighted by Crippen LogP contribution is 2.17. The topological polar surface area (TPSA) is 24.5 Å². The molecule has 1 aliphatic rings. The van der Waals surface area contributed by atoms with Gasteiger partial charge in [0.25, 0.3) is 0 Å². The Kier molecular flexibility index (Phi) is 4.16. The van der Waals surface area contributed by atoms with Gasteiger partial charge in [0.05, 0.1) is 6.10 Å². The van der Waals surface area contributed by atoms with E-state index in [4.69, 9.17) is 4.84 Å². The maximum absolute atomic E-state index is 5.66. The standard InChI is InChI=1S/C10H22N2O/c1-8(2)13-12-6-5-10(11-4)9(3)7-12/h8-11H,5-7H2,1-4H3. The molecule has 78 valence electrons. The molecule has 0 amide bonds. The quantitative estimate of drug-likeness (QED) is 0.718. The van der Waals surface area contributed by atoms with E-state index in [1.165, 1.54) is 6.42 Å². The molecule has 2 atom stereocenters. The van der Waals surface area contributed by atoms with E-state index < -0.39 is 0 Å². The number of hydrogen-bond acceptors (Lipinski definition) is 3. The zero-order valence-electron chi connectivity index (χ0n) is 9.21. The van der Waals surface area contributed by atoms with Crippen LogP contribution in [0.5, 0.6) is 0 Å². The number of hydrogen-bond donors (Lipinski definition) is 1. The molecule has 1 saturated heterocycles. The smallest absolute Gasteiger partial charge is 0.0737 e. The first-order chi connectivity index (χ1) is 6.13. The van der Waals surface area contributed by atoms with Gasteiger partial charge in [0.15, 0.2) is 0 Å². The molecule has 0 radical (unpaired) electrons. The van der Waals surface area contributed by atoms with E-state index in [1.807, 2.05) is 7.05 Å². The van der Waals surface area contributed by atoms with Crippen molar-refractivity contribution >= 4 is 0 Å². The SMILES string of the molecule is CNC1CCN(OC(C)C)CC1C. The number of nitrogens with one attached hydrogen (secondary N) is 1. The van der Waals surface area contributed by atoms with Gasteiger partial charge in [-0.15, -0.1) is 0 Å². The maximum atomic E-state index is 5.66. The lowest BCUT2D eigenvalue weighted by Gasteiger charge is -2.36. The van der Waals surface area contributed by atoms with Crippen molar-refractivity contribution in [2.75, 3.05) is 20.1 Å². The molecule has 0 bridgehead atoms. The summed E-state index contributed by atoms with van der Waals surface area (Å²) in [7, 11) is 2.04. The van der Waals surface area contributed by atoms with Gasteiger partial charge < -0.3 is 5.32 Å². The molecule has 2 unspecified atom stereocenters. The second kappa shape index (κ2) is 4.94. The lowest BCUT2D eigenvalue weighted by Crippen LogP contribution is -2.47. The molecule has 0 saturated carbocycles. The summed E-state index contributed by atoms with van der Waals surface area (Å²) in [4.78, 5) is 5.66. The molecule has 0 aromatic carbocycles. The zero-order chi connectivity index (χ0) is 9.84. The Morgan fingerprint density at radius 3 is 2.62 bits per heavy atom. The second-order valence-corrected chi connectivity index (χ2v) is 4.20. The minimum absolute atomic E-state index is 0.304. The summed E-state index contributed by atoms with van der Waals surface area (Å²) in [5.74, 6) is 0.678. The molecular weight excluding hydrogens is 164 g/mol. The van der Waals surface area contributed by atoms with Crippen LogP contribution in [0.2, 0.25) is 0 Å². The third kappa shape index (κ3) is 3.25. The predicted molar refractivity (Wildman–Crippen MR) is 54.4 cm³/mol. The molecular formula is C10H22N2O. The highest BCUT2D eigenvalue weighted by molar-refractivity contribution is 4.78. The Bertz CT molecular complexity index is 150. The van der Waals surface area contributed by atoms with E-state index in [0.717, 1.165) is 13.1 Å². The Morgan fingerprint density at radius 2 is 2.15 bits per heavy atom. The third-order valence-corrected chi connectivity index (χ3v) is 2.60. The van der Waals surface area contributed by atoms with Gasteiger partial charge in [-0.25, -0.2) is 0 Å². The van der Waals surface area contributed by atoms with Crippen molar-refractivity contribution in [2.45, 2.75) is 39.3 Å². The van der Waals surface area contributed by atoms with Gasteiger partial charge in [0.1, 0.15) is 0 Å². The van der Waals surface area contributed by atoms with Gasteiger partial charge in [0.2, 0.25) is 0 Å². The molecule has 1 heterocycles. The fourth-order valence-corrected chi connectivity index (χ4v) is 1.93. The zero-order valence-corrected chi connectivity index (χ0v) is 9.21. The largest absolute Gasteiger partial charge is 0.317 e. The molecule has 13 heavy (non-hydrogen) atoms. The predicted octanol–water partition coefficient (Wildman–Crippen LogP) is 1.26. The summed E-state index contributed by atoms with van der Waals surface area (Å²) in [6.45, 7) is 8.53. The first kappa shape index (κ1) is 11.0. The molecule has 1 aliphatic heterocycles. The van der Waals surface area contributed by atoms with Crippen LogP contribution in [-0.4, -0.2) is 37.3 Å². The van der Waals surface area contributed by atoms with Gasteiger partial charge in [0, 0.05) is 19.1 Å². The van der Waals surface area contributed by atoms with Crippen molar-refractivity contribution in [3.8, 4) is 0 Å². The van der Waals surface area contributed by atoms with Crippen molar-refractivity contribution in [3.63, 3.8) is 0 Å². The van der Waals surface area contributed by atoms with Crippen molar-refractivity contribution in [1.82, 2.24) is 10.4 Å². The molecule has 1 N–H and O–H groups in total. The van der Waals surface area contributed by atoms with Gasteiger partial charge in [-0.3, -0.25) is 4.84 Å². The van der Waals surface area contributed by atoms with Crippen LogP contribution >= 0.6 is 0 Å². The van der Waals surface area contributed by atoms with E-state index in [1.54, 1.807) is 0 Å². The van der Waals surface area contributed by atoms with Crippen LogP contribution in [0.3, 0.4) is 0 Å². The Balaban J connectivity index is 2.32. The van der Waals surface area contributed by atoms with Crippen LogP contribution in [0.1, 0.15) is 27.2 Å². The number of rotatable bonds is 3. The van der Waals surface area contributed by atoms with Gasteiger partial charge >= 0.3 is 0 Å². The minimum Gasteiger partial charge on any atom is -0.317 e. The number of piperidine rings is 1. The van der Waals surface area contributed by atoms with E-state index in [0.29, 0.717) is 18.1 Å². The highest BCUT2D eigenvalue weighted by Gasteiger charge is 2.25. The average molecular weight is 186 g/mol. The maximum Gasteiger partial charge on any atom is 0.0737 e. The molecule has 3 heteroatoms. The Labute approximate surface area is 81.4 Å². The summed E-state index contributed by atoms with van der Waals surface area (Å²) in [6.07, 6.45) is 1.49. The van der Waals surface area contributed by atoms with Crippen molar-refractivity contribution in [1.29, 1.82) is 0 Å². The molecule has 0 aromatic rings. The van der Waals surface area contributed by atoms with Gasteiger partial charge in [-0.1, -0.05) is 6.92 Å². The van der Waals surface area contributed by atoms with Crippen LogP contribution in [0.25, 0.3) is 0 Å². The van der Waals surface area contributed by atoms with Crippen molar-refractivity contribution < 1.29 is 4.84 Å².